The van der Waals surface area contributed by atoms with Crippen LogP contribution in [0.3, 0.4) is 0 Å². The predicted molar refractivity (Wildman–Crippen MR) is 107 cm³/mol. The lowest BCUT2D eigenvalue weighted by Crippen LogP contribution is -2.22. The first-order chi connectivity index (χ1) is 13.4. The number of Topliss-reactive ketones (excluding diaryl/α,β-unsaturated/α-hetero) is 1. The second-order valence-corrected chi connectivity index (χ2v) is 7.25. The number of aliphatic hydroxyl groups excluding tert-OH is 1. The maximum absolute atomic E-state index is 12.4. The fraction of sp³-hybridized carbons (Fsp3) is 0.636. The van der Waals surface area contributed by atoms with Crippen molar-refractivity contribution in [1.29, 1.82) is 0 Å². The van der Waals surface area contributed by atoms with Gasteiger partial charge in [-0.25, -0.2) is 0 Å². The minimum absolute atomic E-state index is 0.0563. The molecular formula is C22H34O6. The number of hydrogen-bond acceptors (Lipinski definition) is 6. The van der Waals surface area contributed by atoms with Gasteiger partial charge in [-0.3, -0.25) is 9.59 Å². The van der Waals surface area contributed by atoms with Crippen LogP contribution in [0.2, 0.25) is 0 Å². The van der Waals surface area contributed by atoms with E-state index in [-0.39, 0.29) is 36.1 Å². The van der Waals surface area contributed by atoms with E-state index in [1.54, 1.807) is 19.2 Å². The first-order valence-electron chi connectivity index (χ1n) is 9.96. The molecule has 0 aliphatic rings. The zero-order chi connectivity index (χ0) is 20.9. The molecular weight excluding hydrogens is 360 g/mol. The number of rotatable bonds is 14. The molecule has 0 aliphatic heterocycles. The van der Waals surface area contributed by atoms with Crippen molar-refractivity contribution in [2.24, 2.45) is 5.92 Å². The van der Waals surface area contributed by atoms with Crippen molar-refractivity contribution >= 4 is 11.8 Å². The standard InChI is InChI=1S/C22H34O6/c1-4-5-6-17(13-22(26)28-3)12-20(27-2)14-19(24)9-7-16-8-10-21(25)18(11-16)15-23/h8,10-11,17,20,23,25H,4-7,9,12-15H2,1-3H3. The van der Waals surface area contributed by atoms with Crippen molar-refractivity contribution in [2.45, 2.75) is 71.0 Å². The molecule has 0 saturated carbocycles. The Balaban J connectivity index is 2.56. The maximum Gasteiger partial charge on any atom is 0.305 e. The summed E-state index contributed by atoms with van der Waals surface area (Å²) >= 11 is 0. The van der Waals surface area contributed by atoms with E-state index in [2.05, 4.69) is 6.92 Å². The van der Waals surface area contributed by atoms with Gasteiger partial charge >= 0.3 is 5.97 Å². The molecule has 1 rings (SSSR count). The SMILES string of the molecule is CCCCC(CC(=O)OC)CC(CC(=O)CCc1ccc(O)c(CO)c1)OC. The fourth-order valence-corrected chi connectivity index (χ4v) is 3.31. The third-order valence-corrected chi connectivity index (χ3v) is 5.04. The second-order valence-electron chi connectivity index (χ2n) is 7.25. The molecule has 0 fully saturated rings. The number of methoxy groups -OCH3 is 2. The normalized spacial score (nSPS) is 13.1. The summed E-state index contributed by atoms with van der Waals surface area (Å²) in [7, 11) is 2.99. The average molecular weight is 395 g/mol. The van der Waals surface area contributed by atoms with Gasteiger partial charge in [0, 0.05) is 31.9 Å². The van der Waals surface area contributed by atoms with Crippen LogP contribution >= 0.6 is 0 Å². The zero-order valence-corrected chi connectivity index (χ0v) is 17.3. The lowest BCUT2D eigenvalue weighted by molar-refractivity contribution is -0.142. The van der Waals surface area contributed by atoms with E-state index in [0.717, 1.165) is 24.8 Å². The van der Waals surface area contributed by atoms with Crippen molar-refractivity contribution in [3.8, 4) is 5.75 Å². The maximum atomic E-state index is 12.4. The smallest absolute Gasteiger partial charge is 0.305 e. The van der Waals surface area contributed by atoms with Crippen LogP contribution in [-0.4, -0.2) is 42.3 Å². The van der Waals surface area contributed by atoms with Gasteiger partial charge in [-0.2, -0.15) is 0 Å². The van der Waals surface area contributed by atoms with Crippen LogP contribution < -0.4 is 0 Å². The second kappa shape index (κ2) is 13.3. The van der Waals surface area contributed by atoms with Crippen LogP contribution in [0.5, 0.6) is 5.75 Å². The molecule has 0 bridgehead atoms. The number of ether oxygens (including phenoxy) is 2. The Morgan fingerprint density at radius 2 is 1.93 bits per heavy atom. The van der Waals surface area contributed by atoms with Gasteiger partial charge in [0.05, 0.1) is 19.8 Å². The molecule has 6 nitrogen and oxygen atoms in total. The summed E-state index contributed by atoms with van der Waals surface area (Å²) in [5.74, 6) is 0.0715. The van der Waals surface area contributed by atoms with Crippen molar-refractivity contribution in [3.63, 3.8) is 0 Å². The highest BCUT2D eigenvalue weighted by molar-refractivity contribution is 5.79. The van der Waals surface area contributed by atoms with Crippen LogP contribution in [0.1, 0.15) is 63.0 Å². The minimum atomic E-state index is -0.237. The van der Waals surface area contributed by atoms with Crippen molar-refractivity contribution < 1.29 is 29.3 Å². The summed E-state index contributed by atoms with van der Waals surface area (Å²) in [5.41, 5.74) is 1.36. The molecule has 0 amide bonds. The van der Waals surface area contributed by atoms with E-state index >= 15 is 0 Å². The van der Waals surface area contributed by atoms with Crippen molar-refractivity contribution in [3.05, 3.63) is 29.3 Å². The van der Waals surface area contributed by atoms with E-state index in [4.69, 9.17) is 9.47 Å². The Kier molecular flexibility index (Phi) is 11.4. The number of carbonyl (C=O) groups is 2. The van der Waals surface area contributed by atoms with Crippen LogP contribution in [0, 0.1) is 5.92 Å². The largest absolute Gasteiger partial charge is 0.508 e. The number of hydrogen-bond donors (Lipinski definition) is 2. The highest BCUT2D eigenvalue weighted by Gasteiger charge is 2.21. The van der Waals surface area contributed by atoms with E-state index in [9.17, 15) is 19.8 Å². The quantitative estimate of drug-likeness (QED) is 0.469. The minimum Gasteiger partial charge on any atom is -0.508 e. The number of unbranched alkanes of at least 4 members (excludes halogenated alkanes) is 1. The number of aromatic hydroxyl groups is 1. The molecule has 0 spiro atoms. The zero-order valence-electron chi connectivity index (χ0n) is 17.3. The number of esters is 1. The van der Waals surface area contributed by atoms with Crippen molar-refractivity contribution in [2.75, 3.05) is 14.2 Å². The first kappa shape index (κ1) is 24.1. The van der Waals surface area contributed by atoms with Gasteiger partial charge in [0.2, 0.25) is 0 Å². The van der Waals surface area contributed by atoms with E-state index < -0.39 is 0 Å². The van der Waals surface area contributed by atoms with Gasteiger partial charge in [0.15, 0.2) is 0 Å². The first-order valence-corrected chi connectivity index (χ1v) is 9.96. The molecule has 1 aromatic rings. The summed E-state index contributed by atoms with van der Waals surface area (Å²) in [6.07, 6.45) is 5.01. The molecule has 0 heterocycles. The van der Waals surface area contributed by atoms with Crippen LogP contribution in [0.15, 0.2) is 18.2 Å². The van der Waals surface area contributed by atoms with Crippen LogP contribution in [-0.2, 0) is 32.1 Å². The predicted octanol–water partition coefficient (Wildman–Crippen LogP) is 3.55. The number of phenols is 1. The van der Waals surface area contributed by atoms with Gasteiger partial charge in [-0.05, 0) is 42.9 Å². The Hall–Kier alpha value is -1.92. The van der Waals surface area contributed by atoms with Crippen LogP contribution in [0.25, 0.3) is 0 Å². The molecule has 2 atom stereocenters. The molecule has 28 heavy (non-hydrogen) atoms. The summed E-state index contributed by atoms with van der Waals surface area (Å²) in [6, 6.07) is 5.01. The third kappa shape index (κ3) is 8.85. The summed E-state index contributed by atoms with van der Waals surface area (Å²) in [6.45, 7) is 1.87. The lowest BCUT2D eigenvalue weighted by atomic mass is 9.90. The number of carbonyl (C=O) groups excluding carboxylic acids is 2. The molecule has 0 saturated heterocycles. The van der Waals surface area contributed by atoms with Gasteiger partial charge in [0.1, 0.15) is 11.5 Å². The summed E-state index contributed by atoms with van der Waals surface area (Å²) < 4.78 is 10.3. The molecule has 2 N–H and O–H groups in total. The Bertz CT molecular complexity index is 613. The fourth-order valence-electron chi connectivity index (χ4n) is 3.31. The molecule has 2 unspecified atom stereocenters. The van der Waals surface area contributed by atoms with Gasteiger partial charge < -0.3 is 19.7 Å². The molecule has 158 valence electrons. The monoisotopic (exact) mass is 394 g/mol. The number of aryl methyl sites for hydroxylation is 1. The van der Waals surface area contributed by atoms with Crippen LogP contribution in [0.4, 0.5) is 0 Å². The summed E-state index contributed by atoms with van der Waals surface area (Å²) in [4.78, 5) is 24.1. The van der Waals surface area contributed by atoms with Gasteiger partial charge in [0.25, 0.3) is 0 Å². The number of benzene rings is 1. The number of ketones is 1. The highest BCUT2D eigenvalue weighted by atomic mass is 16.5. The van der Waals surface area contributed by atoms with E-state index in [1.807, 2.05) is 0 Å². The lowest BCUT2D eigenvalue weighted by Gasteiger charge is -2.21. The molecule has 0 aliphatic carbocycles. The molecule has 6 heteroatoms. The van der Waals surface area contributed by atoms with Gasteiger partial charge in [-0.1, -0.05) is 25.8 Å². The van der Waals surface area contributed by atoms with E-state index in [0.29, 0.717) is 37.7 Å². The average Bonchev–Trinajstić information content (AvgIpc) is 2.70. The highest BCUT2D eigenvalue weighted by Crippen LogP contribution is 2.23. The Morgan fingerprint density at radius 3 is 2.54 bits per heavy atom. The van der Waals surface area contributed by atoms with Gasteiger partial charge in [-0.15, -0.1) is 0 Å². The van der Waals surface area contributed by atoms with Crippen molar-refractivity contribution in [1.82, 2.24) is 0 Å². The third-order valence-electron chi connectivity index (χ3n) is 5.04. The summed E-state index contributed by atoms with van der Waals surface area (Å²) in [5, 5.41) is 18.8. The Morgan fingerprint density at radius 1 is 1.18 bits per heavy atom. The molecule has 0 aromatic heterocycles. The molecule has 1 aromatic carbocycles. The Labute approximate surface area is 167 Å². The number of aliphatic hydroxyl groups is 1. The molecule has 0 radical (unpaired) electrons. The topological polar surface area (TPSA) is 93.1 Å². The van der Waals surface area contributed by atoms with E-state index in [1.165, 1.54) is 13.2 Å².